The molecular formula is C26H32N2O3. The minimum absolute atomic E-state index is 0.279. The van der Waals surface area contributed by atoms with Crippen molar-refractivity contribution in [2.24, 2.45) is 0 Å². The van der Waals surface area contributed by atoms with Gasteiger partial charge >= 0.3 is 5.97 Å². The van der Waals surface area contributed by atoms with E-state index >= 15 is 0 Å². The van der Waals surface area contributed by atoms with E-state index in [9.17, 15) is 4.79 Å². The summed E-state index contributed by atoms with van der Waals surface area (Å²) >= 11 is 0. The molecule has 0 spiro atoms. The standard InChI is InChI=1S/C26H32N2O3/c1-20-14-16-22(17-15-20)28-24(21-10-9-11-23(18-21)31-2)19-27-25(28)12-7-5-3-4-6-8-13-26(29)30/h9-11,14-19H,3-8,12-13H2,1-2H3,(H,29,30). The maximum Gasteiger partial charge on any atom is 0.303 e. The summed E-state index contributed by atoms with van der Waals surface area (Å²) in [5.74, 6) is 1.20. The van der Waals surface area contributed by atoms with E-state index in [1.54, 1.807) is 7.11 Å². The number of nitrogens with zero attached hydrogens (tertiary/aromatic N) is 2. The van der Waals surface area contributed by atoms with E-state index < -0.39 is 5.97 Å². The van der Waals surface area contributed by atoms with Crippen molar-refractivity contribution in [1.82, 2.24) is 9.55 Å². The van der Waals surface area contributed by atoms with Crippen LogP contribution in [0.25, 0.3) is 16.9 Å². The second kappa shape index (κ2) is 11.3. The van der Waals surface area contributed by atoms with E-state index in [-0.39, 0.29) is 6.42 Å². The van der Waals surface area contributed by atoms with Gasteiger partial charge in [-0.05, 0) is 44.0 Å². The normalized spacial score (nSPS) is 10.9. The number of rotatable bonds is 12. The number of imidazole rings is 1. The summed E-state index contributed by atoms with van der Waals surface area (Å²) < 4.78 is 7.67. The lowest BCUT2D eigenvalue weighted by molar-refractivity contribution is -0.137. The van der Waals surface area contributed by atoms with Crippen LogP contribution in [-0.2, 0) is 11.2 Å². The Morgan fingerprint density at radius 3 is 2.42 bits per heavy atom. The van der Waals surface area contributed by atoms with Gasteiger partial charge in [0.2, 0.25) is 0 Å². The molecule has 5 heteroatoms. The van der Waals surface area contributed by atoms with Crippen molar-refractivity contribution in [3.05, 3.63) is 66.1 Å². The summed E-state index contributed by atoms with van der Waals surface area (Å²) in [7, 11) is 1.68. The topological polar surface area (TPSA) is 64.3 Å². The summed E-state index contributed by atoms with van der Waals surface area (Å²) in [6.45, 7) is 2.10. The summed E-state index contributed by atoms with van der Waals surface area (Å²) in [6.07, 6.45) is 9.33. The van der Waals surface area contributed by atoms with Crippen LogP contribution >= 0.6 is 0 Å². The molecule has 5 nitrogen and oxygen atoms in total. The molecule has 0 amide bonds. The molecule has 1 aromatic heterocycles. The molecule has 0 aliphatic carbocycles. The molecule has 3 aromatic rings. The first-order chi connectivity index (χ1) is 15.1. The average molecular weight is 421 g/mol. The van der Waals surface area contributed by atoms with Gasteiger partial charge in [0, 0.05) is 24.1 Å². The van der Waals surface area contributed by atoms with Crippen molar-refractivity contribution in [2.45, 2.75) is 58.3 Å². The van der Waals surface area contributed by atoms with Gasteiger partial charge in [-0.15, -0.1) is 0 Å². The fourth-order valence-electron chi connectivity index (χ4n) is 3.80. The van der Waals surface area contributed by atoms with Gasteiger partial charge in [-0.1, -0.05) is 55.5 Å². The second-order valence-electron chi connectivity index (χ2n) is 7.98. The number of aryl methyl sites for hydroxylation is 2. The Hall–Kier alpha value is -3.08. The van der Waals surface area contributed by atoms with Gasteiger partial charge in [0.1, 0.15) is 11.6 Å². The van der Waals surface area contributed by atoms with Gasteiger partial charge in [-0.25, -0.2) is 4.98 Å². The van der Waals surface area contributed by atoms with E-state index in [2.05, 4.69) is 41.8 Å². The van der Waals surface area contributed by atoms with Gasteiger partial charge in [0.05, 0.1) is 19.0 Å². The molecule has 0 atom stereocenters. The highest BCUT2D eigenvalue weighted by Crippen LogP contribution is 2.28. The number of ether oxygens (including phenoxy) is 1. The molecule has 1 N–H and O–H groups in total. The summed E-state index contributed by atoms with van der Waals surface area (Å²) in [6, 6.07) is 16.6. The fourth-order valence-corrected chi connectivity index (χ4v) is 3.80. The maximum atomic E-state index is 10.6. The van der Waals surface area contributed by atoms with Crippen LogP contribution < -0.4 is 4.74 Å². The highest BCUT2D eigenvalue weighted by atomic mass is 16.5. The SMILES string of the molecule is COc1cccc(-c2cnc(CCCCCCCCC(=O)O)n2-c2ccc(C)cc2)c1. The van der Waals surface area contributed by atoms with Crippen molar-refractivity contribution in [1.29, 1.82) is 0 Å². The molecule has 1 heterocycles. The van der Waals surface area contributed by atoms with Gasteiger partial charge in [0.15, 0.2) is 0 Å². The Kier molecular flexibility index (Phi) is 8.27. The Morgan fingerprint density at radius 1 is 1.00 bits per heavy atom. The maximum absolute atomic E-state index is 10.6. The predicted molar refractivity (Wildman–Crippen MR) is 124 cm³/mol. The highest BCUT2D eigenvalue weighted by Gasteiger charge is 2.14. The van der Waals surface area contributed by atoms with Gasteiger partial charge < -0.3 is 9.84 Å². The number of carbonyl (C=O) groups is 1. The lowest BCUT2D eigenvalue weighted by atomic mass is 10.1. The molecule has 164 valence electrons. The molecule has 0 saturated carbocycles. The largest absolute Gasteiger partial charge is 0.497 e. The number of aromatic nitrogens is 2. The third-order valence-electron chi connectivity index (χ3n) is 5.53. The van der Waals surface area contributed by atoms with Crippen molar-refractivity contribution >= 4 is 5.97 Å². The van der Waals surface area contributed by atoms with E-state index in [1.165, 1.54) is 5.56 Å². The zero-order valence-corrected chi connectivity index (χ0v) is 18.5. The zero-order chi connectivity index (χ0) is 22.1. The smallest absolute Gasteiger partial charge is 0.303 e. The Labute approximate surface area is 184 Å². The number of carboxylic acids is 1. The lowest BCUT2D eigenvalue weighted by Gasteiger charge is -2.13. The molecule has 0 bridgehead atoms. The number of hydrogen-bond donors (Lipinski definition) is 1. The van der Waals surface area contributed by atoms with Crippen LogP contribution in [0, 0.1) is 6.92 Å². The summed E-state index contributed by atoms with van der Waals surface area (Å²) in [5.41, 5.74) is 4.49. The Bertz CT molecular complexity index is 977. The van der Waals surface area contributed by atoms with E-state index in [4.69, 9.17) is 14.8 Å². The van der Waals surface area contributed by atoms with E-state index in [0.29, 0.717) is 0 Å². The van der Waals surface area contributed by atoms with E-state index in [1.807, 2.05) is 24.4 Å². The zero-order valence-electron chi connectivity index (χ0n) is 18.5. The first-order valence-corrected chi connectivity index (χ1v) is 11.1. The second-order valence-corrected chi connectivity index (χ2v) is 7.98. The van der Waals surface area contributed by atoms with Gasteiger partial charge in [0.25, 0.3) is 0 Å². The van der Waals surface area contributed by atoms with Crippen LogP contribution in [-0.4, -0.2) is 27.7 Å². The molecule has 0 aliphatic heterocycles. The fraction of sp³-hybridized carbons (Fsp3) is 0.385. The molecule has 2 aromatic carbocycles. The molecule has 0 radical (unpaired) electrons. The molecule has 0 fully saturated rings. The third kappa shape index (κ3) is 6.45. The Balaban J connectivity index is 1.71. The summed E-state index contributed by atoms with van der Waals surface area (Å²) in [4.78, 5) is 15.4. The number of aliphatic carboxylic acids is 1. The van der Waals surface area contributed by atoms with Crippen LogP contribution in [0.5, 0.6) is 5.75 Å². The van der Waals surface area contributed by atoms with Crippen LogP contribution in [0.2, 0.25) is 0 Å². The Morgan fingerprint density at radius 2 is 1.71 bits per heavy atom. The molecule has 0 unspecified atom stereocenters. The monoisotopic (exact) mass is 420 g/mol. The van der Waals surface area contributed by atoms with E-state index in [0.717, 1.165) is 73.5 Å². The quantitative estimate of drug-likeness (QED) is 0.354. The average Bonchev–Trinajstić information content (AvgIpc) is 3.20. The van der Waals surface area contributed by atoms with Crippen molar-refractivity contribution in [2.75, 3.05) is 7.11 Å². The molecule has 0 saturated heterocycles. The first-order valence-electron chi connectivity index (χ1n) is 11.1. The van der Waals surface area contributed by atoms with Crippen LogP contribution in [0.1, 0.15) is 56.3 Å². The van der Waals surface area contributed by atoms with Crippen LogP contribution in [0.4, 0.5) is 0 Å². The number of benzene rings is 2. The first kappa shape index (κ1) is 22.6. The number of hydrogen-bond acceptors (Lipinski definition) is 3. The predicted octanol–water partition coefficient (Wildman–Crippen LogP) is 6.21. The van der Waals surface area contributed by atoms with Crippen molar-refractivity contribution < 1.29 is 14.6 Å². The lowest BCUT2D eigenvalue weighted by Crippen LogP contribution is -2.04. The summed E-state index contributed by atoms with van der Waals surface area (Å²) in [5, 5.41) is 8.71. The number of carboxylic acid groups (broad SMARTS) is 1. The third-order valence-corrected chi connectivity index (χ3v) is 5.53. The minimum atomic E-state index is -0.699. The number of unbranched alkanes of at least 4 members (excludes halogenated alkanes) is 5. The van der Waals surface area contributed by atoms with Gasteiger partial charge in [-0.2, -0.15) is 0 Å². The highest BCUT2D eigenvalue weighted by molar-refractivity contribution is 5.66. The molecule has 0 aliphatic rings. The van der Waals surface area contributed by atoms with Crippen molar-refractivity contribution in [3.63, 3.8) is 0 Å². The van der Waals surface area contributed by atoms with Crippen LogP contribution in [0.3, 0.4) is 0 Å². The minimum Gasteiger partial charge on any atom is -0.497 e. The van der Waals surface area contributed by atoms with Gasteiger partial charge in [-0.3, -0.25) is 9.36 Å². The van der Waals surface area contributed by atoms with Crippen LogP contribution in [0.15, 0.2) is 54.7 Å². The molecular weight excluding hydrogens is 388 g/mol. The number of methoxy groups -OCH3 is 1. The molecule has 31 heavy (non-hydrogen) atoms. The van der Waals surface area contributed by atoms with Crippen molar-refractivity contribution in [3.8, 4) is 22.7 Å². The molecule has 3 rings (SSSR count).